The quantitative estimate of drug-likeness (QED) is 0.166. The normalized spacial score (nSPS) is 14.6. The van der Waals surface area contributed by atoms with Gasteiger partial charge in [0.05, 0.1) is 0 Å². The molecule has 2 aromatic carbocycles. The second-order valence-corrected chi connectivity index (χ2v) is 62.0. The third kappa shape index (κ3) is 10.7. The zero-order chi connectivity index (χ0) is 39.5. The van der Waals surface area contributed by atoms with Crippen molar-refractivity contribution >= 4 is 71.6 Å². The van der Waals surface area contributed by atoms with Crippen LogP contribution in [0.3, 0.4) is 0 Å². The summed E-state index contributed by atoms with van der Waals surface area (Å²) in [5.41, 5.74) is 10.4. The van der Waals surface area contributed by atoms with Crippen LogP contribution in [0, 0.1) is 0 Å². The Balaban J connectivity index is 3.58. The fourth-order valence-electron chi connectivity index (χ4n) is 11.0. The van der Waals surface area contributed by atoms with Crippen molar-refractivity contribution < 1.29 is 0 Å². The van der Waals surface area contributed by atoms with Crippen LogP contribution in [0.15, 0.2) is 24.3 Å². The van der Waals surface area contributed by atoms with Crippen LogP contribution in [0.1, 0.15) is 108 Å². The first kappa shape index (κ1) is 46.4. The van der Waals surface area contributed by atoms with E-state index in [1.807, 2.05) is 19.9 Å². The van der Waals surface area contributed by atoms with Gasteiger partial charge in [0.25, 0.3) is 0 Å². The molecule has 1 radical (unpaired) electrons. The Hall–Kier alpha value is 0.284. The molecule has 0 fully saturated rings. The van der Waals surface area contributed by atoms with Crippen molar-refractivity contribution in [2.45, 2.75) is 198 Å². The molecule has 285 valence electrons. The molecular formula is C43H85GeSi6. The second kappa shape index (κ2) is 15.8. The van der Waals surface area contributed by atoms with Gasteiger partial charge in [-0.1, -0.05) is 0 Å². The number of benzene rings is 2. The van der Waals surface area contributed by atoms with Crippen molar-refractivity contribution in [2.75, 3.05) is 0 Å². The molecule has 0 spiro atoms. The molecule has 0 aliphatic rings. The zero-order valence-electron chi connectivity index (χ0n) is 38.3. The van der Waals surface area contributed by atoms with Crippen molar-refractivity contribution in [1.82, 2.24) is 0 Å². The SMILES string of the molecule is CC(C)c1cc(C(C)C)[c]([Ge]([CH3])[c]2c(C([Si](C)(C)C)[Si](C)(C)C)cc(C([Si](C)(C)C)[Si](C)(C)C)cc2C([Si](C)(C)C)[Si](C)(C)C)c(C(C)C)c1. The summed E-state index contributed by atoms with van der Waals surface area (Å²) >= 11 is -2.07. The van der Waals surface area contributed by atoms with E-state index in [0.29, 0.717) is 17.8 Å². The van der Waals surface area contributed by atoms with Crippen LogP contribution in [-0.4, -0.2) is 62.8 Å². The molecule has 0 nitrogen and oxygen atoms in total. The Morgan fingerprint density at radius 2 is 0.580 bits per heavy atom. The summed E-state index contributed by atoms with van der Waals surface area (Å²) in [4.78, 5) is 0. The second-order valence-electron chi connectivity index (χ2n) is 23.7. The van der Waals surface area contributed by atoms with Gasteiger partial charge in [-0.3, -0.25) is 0 Å². The molecular weight excluding hydrogens is 758 g/mol. The molecule has 0 saturated carbocycles. The Kier molecular flexibility index (Phi) is 14.7. The molecule has 50 heavy (non-hydrogen) atoms. The molecule has 0 saturated heterocycles. The standard InChI is InChI=1S/C43H85GeSi6/c1-30(2)33-26-35(31(3)4)39(36(27-33)32(5)6)44(7)40-37(42(47(14,15)16)48(17,18)19)28-34(41(45(8,9)10)46(11,12)13)29-38(40)43(49(20,21)22)50(23,24)25/h26-32,41-43H,1-25H3. The van der Waals surface area contributed by atoms with Gasteiger partial charge in [-0.05, 0) is 0 Å². The Bertz CT molecular complexity index is 1340. The maximum absolute atomic E-state index is 2.95. The van der Waals surface area contributed by atoms with Gasteiger partial charge >= 0.3 is 328 Å². The minimum absolute atomic E-state index is 0.535. The summed E-state index contributed by atoms with van der Waals surface area (Å²) in [5.74, 6) is 4.45. The van der Waals surface area contributed by atoms with Gasteiger partial charge in [0.15, 0.2) is 0 Å². The first-order chi connectivity index (χ1) is 22.0. The van der Waals surface area contributed by atoms with Crippen molar-refractivity contribution in [3.05, 3.63) is 57.6 Å². The summed E-state index contributed by atoms with van der Waals surface area (Å²) in [7, 11) is -9.43. The third-order valence-corrected chi connectivity index (χ3v) is 44.7. The Morgan fingerprint density at radius 1 is 0.340 bits per heavy atom. The predicted octanol–water partition coefficient (Wildman–Crippen LogP) is 13.8. The molecule has 0 aliphatic heterocycles. The van der Waals surface area contributed by atoms with Crippen LogP contribution in [-0.2, 0) is 0 Å². The van der Waals surface area contributed by atoms with Gasteiger partial charge in [-0.2, -0.15) is 0 Å². The van der Waals surface area contributed by atoms with Crippen molar-refractivity contribution in [3.8, 4) is 0 Å². The predicted molar refractivity (Wildman–Crippen MR) is 254 cm³/mol. The van der Waals surface area contributed by atoms with Gasteiger partial charge in [0.2, 0.25) is 0 Å². The summed E-state index contributed by atoms with van der Waals surface area (Å²) in [5, 5.41) is 2.26. The van der Waals surface area contributed by atoms with Crippen molar-refractivity contribution in [2.24, 2.45) is 0 Å². The number of hydrogen-bond donors (Lipinski definition) is 0. The van der Waals surface area contributed by atoms with Gasteiger partial charge in [0.1, 0.15) is 0 Å². The van der Waals surface area contributed by atoms with Gasteiger partial charge in [-0.25, -0.2) is 0 Å². The zero-order valence-corrected chi connectivity index (χ0v) is 46.4. The fraction of sp³-hybridized carbons (Fsp3) is 0.721. The summed E-state index contributed by atoms with van der Waals surface area (Å²) in [6.45, 7) is 63.5. The Morgan fingerprint density at radius 3 is 0.800 bits per heavy atom. The molecule has 0 unspecified atom stereocenters. The molecule has 0 heterocycles. The number of hydrogen-bond acceptors (Lipinski definition) is 0. The van der Waals surface area contributed by atoms with E-state index in [1.165, 1.54) is 0 Å². The molecule has 2 rings (SSSR count). The average Bonchev–Trinajstić information content (AvgIpc) is 2.82. The molecule has 0 amide bonds. The van der Waals surface area contributed by atoms with Gasteiger partial charge in [-0.15, -0.1) is 0 Å². The molecule has 0 aromatic heterocycles. The first-order valence-electron chi connectivity index (χ1n) is 20.2. The summed E-state index contributed by atoms with van der Waals surface area (Å²) < 4.78 is 3.78. The van der Waals surface area contributed by atoms with Crippen LogP contribution < -0.4 is 8.79 Å². The van der Waals surface area contributed by atoms with Crippen molar-refractivity contribution in [3.63, 3.8) is 0 Å². The molecule has 0 N–H and O–H groups in total. The fourth-order valence-corrected chi connectivity index (χ4v) is 57.0. The molecule has 0 atom stereocenters. The van der Waals surface area contributed by atoms with Gasteiger partial charge < -0.3 is 0 Å². The van der Waals surface area contributed by atoms with Crippen LogP contribution >= 0.6 is 0 Å². The van der Waals surface area contributed by atoms with Crippen molar-refractivity contribution in [1.29, 1.82) is 0 Å². The van der Waals surface area contributed by atoms with Crippen LogP contribution in [0.25, 0.3) is 0 Å². The topological polar surface area (TPSA) is 0 Å². The van der Waals surface area contributed by atoms with E-state index < -0.39 is 62.8 Å². The molecule has 2 aromatic rings. The maximum atomic E-state index is 2.95. The summed E-state index contributed by atoms with van der Waals surface area (Å²) in [6.07, 6.45) is 0. The van der Waals surface area contributed by atoms with E-state index in [-0.39, 0.29) is 0 Å². The average molecular weight is 843 g/mol. The molecule has 7 heteroatoms. The van der Waals surface area contributed by atoms with E-state index in [1.54, 1.807) is 22.3 Å². The van der Waals surface area contributed by atoms with Crippen LogP contribution in [0.2, 0.25) is 124 Å². The van der Waals surface area contributed by atoms with E-state index in [9.17, 15) is 0 Å². The molecule has 0 aliphatic carbocycles. The van der Waals surface area contributed by atoms with E-state index >= 15 is 0 Å². The minimum atomic E-state index is -2.07. The van der Waals surface area contributed by atoms with E-state index in [4.69, 9.17) is 0 Å². The monoisotopic (exact) mass is 843 g/mol. The molecule has 0 bridgehead atoms. The Labute approximate surface area is 325 Å². The van der Waals surface area contributed by atoms with E-state index in [2.05, 4.69) is 189 Å². The first-order valence-corrected chi connectivity index (χ1v) is 45.9. The van der Waals surface area contributed by atoms with Crippen LogP contribution in [0.4, 0.5) is 0 Å². The van der Waals surface area contributed by atoms with Gasteiger partial charge in [0, 0.05) is 0 Å². The van der Waals surface area contributed by atoms with E-state index in [0.717, 1.165) is 15.5 Å². The third-order valence-electron chi connectivity index (χ3n) is 11.3. The van der Waals surface area contributed by atoms with Crippen LogP contribution in [0.5, 0.6) is 0 Å². The number of rotatable bonds is 14. The summed E-state index contributed by atoms with van der Waals surface area (Å²) in [6, 6.07) is 11.2.